The minimum Gasteiger partial charge on any atom is -0.452 e. The fourth-order valence-electron chi connectivity index (χ4n) is 1.87. The monoisotopic (exact) mass is 248 g/mol. The van der Waals surface area contributed by atoms with Crippen molar-refractivity contribution in [2.75, 3.05) is 6.61 Å². The van der Waals surface area contributed by atoms with Crippen LogP contribution in [0.15, 0.2) is 12.2 Å². The van der Waals surface area contributed by atoms with Crippen molar-refractivity contribution in [2.24, 2.45) is 0 Å². The fourth-order valence-corrected chi connectivity index (χ4v) is 1.87. The molecule has 1 fully saturated rings. The quantitative estimate of drug-likeness (QED) is 0.697. The van der Waals surface area contributed by atoms with E-state index in [1.54, 1.807) is 13.8 Å². The number of alkyl halides is 2. The van der Waals surface area contributed by atoms with Gasteiger partial charge in [-0.15, -0.1) is 0 Å². The predicted molar refractivity (Wildman–Crippen MR) is 53.5 cm³/mol. The van der Waals surface area contributed by atoms with Crippen molar-refractivity contribution < 1.29 is 27.8 Å². The standard InChI is InChI=1S/C11H14F2O4/c1-10(2)15-6-7(17-10)5-8-11(12,13)4-3-9(14)16-8/h3-4,7-8H,5-6H2,1-2H3/t7-,8-/m0/s1. The molecule has 0 aromatic carbocycles. The molecule has 17 heavy (non-hydrogen) atoms. The third-order valence-corrected chi connectivity index (χ3v) is 2.67. The Kier molecular flexibility index (Phi) is 2.95. The normalized spacial score (nSPS) is 34.7. The third-order valence-electron chi connectivity index (χ3n) is 2.67. The Hall–Kier alpha value is -1.01. The molecule has 6 heteroatoms. The van der Waals surface area contributed by atoms with E-state index >= 15 is 0 Å². The maximum atomic E-state index is 13.4. The smallest absolute Gasteiger partial charge is 0.331 e. The molecule has 0 spiro atoms. The van der Waals surface area contributed by atoms with Crippen LogP contribution in [-0.4, -0.2) is 36.5 Å². The zero-order valence-corrected chi connectivity index (χ0v) is 9.61. The fraction of sp³-hybridized carbons (Fsp3) is 0.727. The van der Waals surface area contributed by atoms with E-state index in [0.717, 1.165) is 6.08 Å². The number of hydrogen-bond acceptors (Lipinski definition) is 4. The second-order valence-corrected chi connectivity index (χ2v) is 4.62. The number of halogens is 2. The van der Waals surface area contributed by atoms with Gasteiger partial charge < -0.3 is 14.2 Å². The van der Waals surface area contributed by atoms with Gasteiger partial charge in [-0.1, -0.05) is 0 Å². The number of carbonyl (C=O) groups is 1. The summed E-state index contributed by atoms with van der Waals surface area (Å²) in [5.41, 5.74) is 0. The van der Waals surface area contributed by atoms with E-state index in [-0.39, 0.29) is 13.0 Å². The van der Waals surface area contributed by atoms with E-state index in [9.17, 15) is 13.6 Å². The van der Waals surface area contributed by atoms with Gasteiger partial charge in [0, 0.05) is 12.5 Å². The van der Waals surface area contributed by atoms with E-state index in [1.165, 1.54) is 0 Å². The van der Waals surface area contributed by atoms with Gasteiger partial charge in [-0.3, -0.25) is 0 Å². The molecule has 0 aromatic rings. The van der Waals surface area contributed by atoms with Crippen LogP contribution in [0.3, 0.4) is 0 Å². The number of esters is 1. The predicted octanol–water partition coefficient (Wildman–Crippen LogP) is 1.64. The van der Waals surface area contributed by atoms with Crippen LogP contribution < -0.4 is 0 Å². The van der Waals surface area contributed by atoms with Crippen LogP contribution in [-0.2, 0) is 19.0 Å². The van der Waals surface area contributed by atoms with E-state index in [2.05, 4.69) is 4.74 Å². The van der Waals surface area contributed by atoms with Gasteiger partial charge in [0.1, 0.15) is 0 Å². The van der Waals surface area contributed by atoms with Crippen LogP contribution >= 0.6 is 0 Å². The summed E-state index contributed by atoms with van der Waals surface area (Å²) in [6, 6.07) is 0. The third kappa shape index (κ3) is 2.81. The molecule has 2 rings (SSSR count). The van der Waals surface area contributed by atoms with Gasteiger partial charge in [0.2, 0.25) is 0 Å². The number of cyclic esters (lactones) is 1. The zero-order chi connectivity index (χ0) is 12.7. The molecule has 0 aliphatic carbocycles. The average molecular weight is 248 g/mol. The summed E-state index contributed by atoms with van der Waals surface area (Å²) in [4.78, 5) is 10.9. The van der Waals surface area contributed by atoms with Gasteiger partial charge in [-0.2, -0.15) is 8.78 Å². The minimum atomic E-state index is -3.15. The molecule has 0 N–H and O–H groups in total. The molecular weight excluding hydrogens is 234 g/mol. The second kappa shape index (κ2) is 4.03. The van der Waals surface area contributed by atoms with Crippen molar-refractivity contribution in [1.29, 1.82) is 0 Å². The lowest BCUT2D eigenvalue weighted by atomic mass is 10.0. The molecule has 0 saturated carbocycles. The van der Waals surface area contributed by atoms with Crippen molar-refractivity contribution in [3.05, 3.63) is 12.2 Å². The Morgan fingerprint density at radius 3 is 2.76 bits per heavy atom. The molecule has 2 atom stereocenters. The maximum Gasteiger partial charge on any atom is 0.331 e. The Morgan fingerprint density at radius 2 is 2.18 bits per heavy atom. The Balaban J connectivity index is 1.99. The summed E-state index contributed by atoms with van der Waals surface area (Å²) in [5.74, 6) is -4.67. The van der Waals surface area contributed by atoms with Crippen molar-refractivity contribution in [3.63, 3.8) is 0 Å². The molecule has 0 radical (unpaired) electrons. The van der Waals surface area contributed by atoms with E-state index in [4.69, 9.17) is 9.47 Å². The highest BCUT2D eigenvalue weighted by Gasteiger charge is 2.46. The minimum absolute atomic E-state index is 0.0769. The second-order valence-electron chi connectivity index (χ2n) is 4.62. The molecule has 0 unspecified atom stereocenters. The van der Waals surface area contributed by atoms with E-state index in [1.807, 2.05) is 0 Å². The van der Waals surface area contributed by atoms with Gasteiger partial charge >= 0.3 is 11.9 Å². The summed E-state index contributed by atoms with van der Waals surface area (Å²) in [6.07, 6.45) is -0.730. The van der Waals surface area contributed by atoms with E-state index in [0.29, 0.717) is 6.08 Å². The van der Waals surface area contributed by atoms with Crippen LogP contribution in [0.2, 0.25) is 0 Å². The molecule has 1 saturated heterocycles. The number of hydrogen-bond donors (Lipinski definition) is 0. The summed E-state index contributed by atoms with van der Waals surface area (Å²) in [7, 11) is 0. The molecule has 2 heterocycles. The zero-order valence-electron chi connectivity index (χ0n) is 9.61. The van der Waals surface area contributed by atoms with Crippen molar-refractivity contribution in [2.45, 2.75) is 44.2 Å². The first-order valence-corrected chi connectivity index (χ1v) is 5.38. The van der Waals surface area contributed by atoms with Crippen LogP contribution in [0.5, 0.6) is 0 Å². The molecule has 2 aliphatic heterocycles. The highest BCUT2D eigenvalue weighted by atomic mass is 19.3. The molecule has 0 amide bonds. The lowest BCUT2D eigenvalue weighted by molar-refractivity contribution is -0.174. The summed E-state index contributed by atoms with van der Waals surface area (Å²) in [5, 5.41) is 0. The van der Waals surface area contributed by atoms with Crippen LogP contribution in [0.4, 0.5) is 8.78 Å². The molecule has 2 aliphatic rings. The van der Waals surface area contributed by atoms with Gasteiger partial charge in [0.05, 0.1) is 12.7 Å². The number of ether oxygens (including phenoxy) is 3. The van der Waals surface area contributed by atoms with Gasteiger partial charge in [-0.25, -0.2) is 4.79 Å². The number of rotatable bonds is 2. The molecule has 0 bridgehead atoms. The molecular formula is C11H14F2O4. The van der Waals surface area contributed by atoms with Crippen molar-refractivity contribution in [3.8, 4) is 0 Å². The first-order chi connectivity index (χ1) is 7.78. The SMILES string of the molecule is CC1(C)OC[C@H](C[C@@H]2OC(=O)C=CC2(F)F)O1. The Labute approximate surface area is 97.5 Å². The van der Waals surface area contributed by atoms with Crippen LogP contribution in [0.25, 0.3) is 0 Å². The highest BCUT2D eigenvalue weighted by Crippen LogP contribution is 2.33. The summed E-state index contributed by atoms with van der Waals surface area (Å²) in [6.45, 7) is 3.64. The highest BCUT2D eigenvalue weighted by molar-refractivity contribution is 5.83. The van der Waals surface area contributed by atoms with Gasteiger partial charge in [-0.05, 0) is 19.9 Å². The first kappa shape index (κ1) is 12.4. The topological polar surface area (TPSA) is 44.8 Å². The van der Waals surface area contributed by atoms with Crippen molar-refractivity contribution >= 4 is 5.97 Å². The van der Waals surface area contributed by atoms with Crippen LogP contribution in [0.1, 0.15) is 20.3 Å². The van der Waals surface area contributed by atoms with Crippen molar-refractivity contribution in [1.82, 2.24) is 0 Å². The number of carbonyl (C=O) groups excluding carboxylic acids is 1. The van der Waals surface area contributed by atoms with E-state index < -0.39 is 29.9 Å². The Morgan fingerprint density at radius 1 is 1.47 bits per heavy atom. The van der Waals surface area contributed by atoms with Gasteiger partial charge in [0.15, 0.2) is 11.9 Å². The molecule has 4 nitrogen and oxygen atoms in total. The lowest BCUT2D eigenvalue weighted by Crippen LogP contribution is -2.41. The molecule has 96 valence electrons. The summed E-state index contributed by atoms with van der Waals surface area (Å²) < 4.78 is 42.1. The Bertz CT molecular complexity index is 351. The largest absolute Gasteiger partial charge is 0.452 e. The lowest BCUT2D eigenvalue weighted by Gasteiger charge is -2.28. The first-order valence-electron chi connectivity index (χ1n) is 5.38. The average Bonchev–Trinajstić information content (AvgIpc) is 2.53. The van der Waals surface area contributed by atoms with Crippen LogP contribution in [0, 0.1) is 0 Å². The molecule has 0 aromatic heterocycles. The summed E-state index contributed by atoms with van der Waals surface area (Å²) >= 11 is 0. The van der Waals surface area contributed by atoms with Gasteiger partial charge in [0.25, 0.3) is 0 Å². The maximum absolute atomic E-state index is 13.4.